The van der Waals surface area contributed by atoms with E-state index in [1.807, 2.05) is 10.6 Å². The monoisotopic (exact) mass is 586 g/mol. The van der Waals surface area contributed by atoms with Crippen LogP contribution in [-0.4, -0.2) is 68.3 Å². The zero-order valence-electron chi connectivity index (χ0n) is 24.4. The Morgan fingerprint density at radius 3 is 2.35 bits per heavy atom. The van der Waals surface area contributed by atoms with Crippen LogP contribution in [0, 0.1) is 11.3 Å². The van der Waals surface area contributed by atoms with E-state index in [9.17, 15) is 19.2 Å². The number of amides is 4. The molecule has 0 saturated carbocycles. The number of rotatable bonds is 8. The van der Waals surface area contributed by atoms with E-state index in [0.29, 0.717) is 48.1 Å². The van der Waals surface area contributed by atoms with Crippen molar-refractivity contribution in [3.8, 4) is 17.2 Å². The van der Waals surface area contributed by atoms with Gasteiger partial charge in [-0.2, -0.15) is 0 Å². The van der Waals surface area contributed by atoms with Crippen molar-refractivity contribution in [1.82, 2.24) is 14.8 Å². The minimum atomic E-state index is -1.63. The summed E-state index contributed by atoms with van der Waals surface area (Å²) in [6.45, 7) is 1.87. The summed E-state index contributed by atoms with van der Waals surface area (Å²) in [5.74, 6) is 0.582. The maximum Gasteiger partial charge on any atom is 0.335 e. The molecular weight excluding hydrogens is 552 g/mol. The van der Waals surface area contributed by atoms with Crippen LogP contribution >= 0.6 is 0 Å². The smallest absolute Gasteiger partial charge is 0.335 e. The van der Waals surface area contributed by atoms with Gasteiger partial charge in [0.05, 0.1) is 27.0 Å². The second-order valence-electron chi connectivity index (χ2n) is 11.4. The summed E-state index contributed by atoms with van der Waals surface area (Å²) in [7, 11) is 4.59. The predicted octanol–water partition coefficient (Wildman–Crippen LogP) is 2.81. The summed E-state index contributed by atoms with van der Waals surface area (Å²) in [6.07, 6.45) is 0.957. The summed E-state index contributed by atoms with van der Waals surface area (Å²) in [5.41, 5.74) is 0.337. The number of pyridine rings is 1. The highest BCUT2D eigenvalue weighted by atomic mass is 16.5. The number of fused-ring (bicyclic) bond motifs is 4. The van der Waals surface area contributed by atoms with Gasteiger partial charge in [-0.15, -0.1) is 0 Å². The molecule has 43 heavy (non-hydrogen) atoms. The van der Waals surface area contributed by atoms with Gasteiger partial charge in [-0.1, -0.05) is 12.1 Å². The highest BCUT2D eigenvalue weighted by molar-refractivity contribution is 6.30. The first-order valence-electron chi connectivity index (χ1n) is 14.2. The molecule has 4 amide bonds. The molecule has 2 fully saturated rings. The maximum absolute atomic E-state index is 14.6. The van der Waals surface area contributed by atoms with Crippen LogP contribution in [0.15, 0.2) is 65.5 Å². The molecule has 0 unspecified atom stereocenters. The number of methoxy groups -OCH3 is 3. The maximum atomic E-state index is 14.6. The summed E-state index contributed by atoms with van der Waals surface area (Å²) in [4.78, 5) is 57.4. The van der Waals surface area contributed by atoms with Crippen LogP contribution in [0.1, 0.15) is 23.6 Å². The van der Waals surface area contributed by atoms with Gasteiger partial charge >= 0.3 is 6.03 Å². The highest BCUT2D eigenvalue weighted by Gasteiger charge is 2.56. The Morgan fingerprint density at radius 1 is 0.860 bits per heavy atom. The second kappa shape index (κ2) is 11.2. The van der Waals surface area contributed by atoms with Crippen molar-refractivity contribution in [2.24, 2.45) is 11.3 Å². The van der Waals surface area contributed by atoms with Gasteiger partial charge in [0, 0.05) is 43.9 Å². The van der Waals surface area contributed by atoms with Gasteiger partial charge in [0.25, 0.3) is 11.5 Å². The number of anilines is 1. The molecular formula is C32H34N4O7. The van der Waals surface area contributed by atoms with Crippen LogP contribution in [0.25, 0.3) is 0 Å². The largest absolute Gasteiger partial charge is 0.497 e. The topological polar surface area (TPSA) is 119 Å². The average molecular weight is 587 g/mol. The Labute approximate surface area is 248 Å². The lowest BCUT2D eigenvalue weighted by atomic mass is 9.75. The molecule has 3 aromatic rings. The normalized spacial score (nSPS) is 23.4. The van der Waals surface area contributed by atoms with Crippen molar-refractivity contribution >= 4 is 23.5 Å². The Morgan fingerprint density at radius 2 is 1.63 bits per heavy atom. The number of barbiturate groups is 1. The van der Waals surface area contributed by atoms with E-state index in [2.05, 4.69) is 10.2 Å². The number of ether oxygens (including phenoxy) is 3. The van der Waals surface area contributed by atoms with E-state index in [-0.39, 0.29) is 30.4 Å². The number of urea groups is 1. The molecule has 2 saturated heterocycles. The Balaban J connectivity index is 1.39. The Hall–Kier alpha value is -4.64. The first-order chi connectivity index (χ1) is 20.8. The number of carbonyl (C=O) groups excluding carboxylic acids is 3. The van der Waals surface area contributed by atoms with E-state index in [1.54, 1.807) is 54.6 Å². The zero-order valence-corrected chi connectivity index (χ0v) is 24.4. The van der Waals surface area contributed by atoms with Gasteiger partial charge in [-0.05, 0) is 66.8 Å². The standard InChI is InChI=1S/C32H34N4O7/c1-41-24-10-8-23(9-11-24)36-30(39)32(29(38)33-31(36)40,15-20-7-12-26(42-2)27(14-20)43-3)19-34-16-21-13-22(18-34)25-5-4-6-28(37)35(25)17-21/h4-12,14,21-22H,13,15-19H2,1-3H3,(H,33,38,40)/t21-,22-,32-/m1/s1. The van der Waals surface area contributed by atoms with E-state index in [1.165, 1.54) is 21.3 Å². The van der Waals surface area contributed by atoms with Crippen molar-refractivity contribution < 1.29 is 28.6 Å². The van der Waals surface area contributed by atoms with Gasteiger partial charge < -0.3 is 23.7 Å². The van der Waals surface area contributed by atoms with Gasteiger partial charge in [-0.3, -0.25) is 19.7 Å². The van der Waals surface area contributed by atoms with Crippen LogP contribution in [-0.2, 0) is 22.6 Å². The van der Waals surface area contributed by atoms with Crippen LogP contribution in [0.5, 0.6) is 17.2 Å². The van der Waals surface area contributed by atoms with E-state index in [0.717, 1.165) is 17.0 Å². The molecule has 4 heterocycles. The molecule has 0 spiro atoms. The zero-order chi connectivity index (χ0) is 30.3. The van der Waals surface area contributed by atoms with Crippen molar-refractivity contribution in [2.75, 3.05) is 45.9 Å². The van der Waals surface area contributed by atoms with Crippen LogP contribution in [0.2, 0.25) is 0 Å². The predicted molar refractivity (Wildman–Crippen MR) is 158 cm³/mol. The molecule has 0 aliphatic carbocycles. The molecule has 224 valence electrons. The molecule has 3 atom stereocenters. The van der Waals surface area contributed by atoms with Crippen molar-refractivity contribution in [2.45, 2.75) is 25.3 Å². The number of hydrogen-bond acceptors (Lipinski definition) is 8. The lowest BCUT2D eigenvalue weighted by Gasteiger charge is -2.47. The van der Waals surface area contributed by atoms with E-state index < -0.39 is 23.3 Å². The quantitative estimate of drug-likeness (QED) is 0.401. The molecule has 1 N–H and O–H groups in total. The third kappa shape index (κ3) is 5.03. The second-order valence-corrected chi connectivity index (χ2v) is 11.4. The molecule has 2 bridgehead atoms. The molecule has 11 heteroatoms. The summed E-state index contributed by atoms with van der Waals surface area (Å²) in [6, 6.07) is 16.4. The number of nitrogens with zero attached hydrogens (tertiary/aromatic N) is 3. The minimum absolute atomic E-state index is 0.0129. The van der Waals surface area contributed by atoms with E-state index >= 15 is 0 Å². The number of piperidine rings is 1. The summed E-state index contributed by atoms with van der Waals surface area (Å²) in [5, 5.41) is 2.48. The average Bonchev–Trinajstić information content (AvgIpc) is 3.01. The number of carbonyl (C=O) groups is 3. The van der Waals surface area contributed by atoms with Crippen molar-refractivity contribution in [3.63, 3.8) is 0 Å². The first kappa shape index (κ1) is 28.5. The van der Waals surface area contributed by atoms with Crippen LogP contribution in [0.3, 0.4) is 0 Å². The third-order valence-corrected chi connectivity index (χ3v) is 8.80. The van der Waals surface area contributed by atoms with Gasteiger partial charge in [0.2, 0.25) is 5.91 Å². The number of benzene rings is 2. The molecule has 6 rings (SSSR count). The number of aromatic nitrogens is 1. The van der Waals surface area contributed by atoms with E-state index in [4.69, 9.17) is 14.2 Å². The highest BCUT2D eigenvalue weighted by Crippen LogP contribution is 2.40. The molecule has 11 nitrogen and oxygen atoms in total. The minimum Gasteiger partial charge on any atom is -0.497 e. The number of nitrogens with one attached hydrogen (secondary N) is 1. The first-order valence-corrected chi connectivity index (χ1v) is 14.2. The fraction of sp³-hybridized carbons (Fsp3) is 0.375. The Bertz CT molecular complexity index is 1640. The molecule has 1 aromatic heterocycles. The summed E-state index contributed by atoms with van der Waals surface area (Å²) < 4.78 is 18.0. The number of hydrogen-bond donors (Lipinski definition) is 1. The molecule has 3 aliphatic heterocycles. The fourth-order valence-electron chi connectivity index (χ4n) is 6.84. The number of likely N-dealkylation sites (tertiary alicyclic amines) is 1. The van der Waals surface area contributed by atoms with Gasteiger partial charge in [0.15, 0.2) is 11.5 Å². The fourth-order valence-corrected chi connectivity index (χ4v) is 6.84. The van der Waals surface area contributed by atoms with Crippen molar-refractivity contribution in [3.05, 3.63) is 82.3 Å². The van der Waals surface area contributed by atoms with Gasteiger partial charge in [-0.25, -0.2) is 9.69 Å². The molecule has 0 radical (unpaired) electrons. The summed E-state index contributed by atoms with van der Waals surface area (Å²) >= 11 is 0. The molecule has 2 aromatic carbocycles. The van der Waals surface area contributed by atoms with Gasteiger partial charge in [0.1, 0.15) is 11.2 Å². The third-order valence-electron chi connectivity index (χ3n) is 8.80. The van der Waals surface area contributed by atoms with Crippen molar-refractivity contribution in [1.29, 1.82) is 0 Å². The molecule has 3 aliphatic rings. The van der Waals surface area contributed by atoms with Crippen LogP contribution in [0.4, 0.5) is 10.5 Å². The lowest BCUT2D eigenvalue weighted by Crippen LogP contribution is -2.68. The SMILES string of the molecule is COc1ccc(N2C(=O)NC(=O)[C@@](Cc3ccc(OC)c(OC)c3)(CN3C[C@H]4C[C@H](C3)c3cccc(=O)n3C4)C2=O)cc1. The number of imide groups is 2. The lowest BCUT2D eigenvalue weighted by molar-refractivity contribution is -0.144. The van der Waals surface area contributed by atoms with Crippen LogP contribution < -0.4 is 30.0 Å². The Kier molecular flexibility index (Phi) is 7.43.